The van der Waals surface area contributed by atoms with E-state index in [0.29, 0.717) is 23.1 Å². The Balaban J connectivity index is 2.30. The van der Waals surface area contributed by atoms with Crippen LogP contribution in [0.1, 0.15) is 12.5 Å². The Kier molecular flexibility index (Phi) is 5.14. The fourth-order valence-electron chi connectivity index (χ4n) is 1.85. The Bertz CT molecular complexity index is 647. The van der Waals surface area contributed by atoms with Crippen molar-refractivity contribution < 1.29 is 9.66 Å². The lowest BCUT2D eigenvalue weighted by molar-refractivity contribution is -0.384. The second kappa shape index (κ2) is 7.06. The zero-order valence-corrected chi connectivity index (χ0v) is 12.3. The highest BCUT2D eigenvalue weighted by atomic mass is 35.5. The zero-order valence-electron chi connectivity index (χ0n) is 11.5. The van der Waals surface area contributed by atoms with Gasteiger partial charge in [0.2, 0.25) is 0 Å². The summed E-state index contributed by atoms with van der Waals surface area (Å²) < 4.78 is 5.75. The second-order valence-electron chi connectivity index (χ2n) is 4.36. The summed E-state index contributed by atoms with van der Waals surface area (Å²) >= 11 is 6.17. The highest BCUT2D eigenvalue weighted by Crippen LogP contribution is 2.34. The lowest BCUT2D eigenvalue weighted by Gasteiger charge is -2.13. The molecule has 0 radical (unpaired) electrons. The summed E-state index contributed by atoms with van der Waals surface area (Å²) in [6.07, 6.45) is 0. The van der Waals surface area contributed by atoms with E-state index in [0.717, 1.165) is 12.1 Å². The molecule has 110 valence electrons. The quantitative estimate of drug-likeness (QED) is 0.643. The molecule has 0 bridgehead atoms. The normalized spacial score (nSPS) is 10.4. The third kappa shape index (κ3) is 3.93. The van der Waals surface area contributed by atoms with Gasteiger partial charge in [0.1, 0.15) is 11.5 Å². The van der Waals surface area contributed by atoms with E-state index in [1.165, 1.54) is 12.1 Å². The van der Waals surface area contributed by atoms with Gasteiger partial charge in [-0.15, -0.1) is 0 Å². The molecule has 0 aliphatic carbocycles. The summed E-state index contributed by atoms with van der Waals surface area (Å²) in [6.45, 7) is 3.44. The van der Waals surface area contributed by atoms with Crippen LogP contribution in [0.3, 0.4) is 0 Å². The molecule has 0 saturated carbocycles. The van der Waals surface area contributed by atoms with Crippen molar-refractivity contribution >= 4 is 17.3 Å². The average molecular weight is 307 g/mol. The molecule has 0 heterocycles. The molecule has 0 amide bonds. The van der Waals surface area contributed by atoms with Gasteiger partial charge in [-0.2, -0.15) is 0 Å². The van der Waals surface area contributed by atoms with Crippen LogP contribution in [0.2, 0.25) is 5.02 Å². The van der Waals surface area contributed by atoms with Gasteiger partial charge in [0.05, 0.1) is 16.0 Å². The van der Waals surface area contributed by atoms with Crippen molar-refractivity contribution in [2.75, 3.05) is 6.54 Å². The van der Waals surface area contributed by atoms with E-state index in [4.69, 9.17) is 16.3 Å². The fourth-order valence-corrected chi connectivity index (χ4v) is 2.08. The molecule has 1 N–H and O–H groups in total. The topological polar surface area (TPSA) is 64.4 Å². The molecule has 2 aromatic rings. The molecule has 0 aliphatic rings. The van der Waals surface area contributed by atoms with Crippen LogP contribution < -0.4 is 10.1 Å². The van der Waals surface area contributed by atoms with Crippen molar-refractivity contribution in [3.8, 4) is 11.5 Å². The molecular weight excluding hydrogens is 292 g/mol. The Morgan fingerprint density at radius 2 is 2.05 bits per heavy atom. The number of hydrogen-bond acceptors (Lipinski definition) is 4. The minimum Gasteiger partial charge on any atom is -0.455 e. The number of para-hydroxylation sites is 1. The molecule has 5 nitrogen and oxygen atoms in total. The number of benzene rings is 2. The highest BCUT2D eigenvalue weighted by molar-refractivity contribution is 6.32. The molecule has 2 aromatic carbocycles. The predicted molar refractivity (Wildman–Crippen MR) is 82.0 cm³/mol. The van der Waals surface area contributed by atoms with Crippen LogP contribution in [-0.4, -0.2) is 11.5 Å². The van der Waals surface area contributed by atoms with E-state index in [2.05, 4.69) is 5.32 Å². The lowest BCUT2D eigenvalue weighted by atomic mass is 10.2. The molecule has 6 heteroatoms. The third-order valence-corrected chi connectivity index (χ3v) is 3.16. The average Bonchev–Trinajstić information content (AvgIpc) is 2.48. The summed E-state index contributed by atoms with van der Waals surface area (Å²) in [6, 6.07) is 11.5. The number of rotatable bonds is 6. The van der Waals surface area contributed by atoms with Crippen LogP contribution in [0, 0.1) is 10.1 Å². The molecule has 2 rings (SSSR count). The highest BCUT2D eigenvalue weighted by Gasteiger charge is 2.12. The molecule has 0 aliphatic heterocycles. The fraction of sp³-hybridized carbons (Fsp3) is 0.200. The van der Waals surface area contributed by atoms with Gasteiger partial charge < -0.3 is 10.1 Å². The number of nitro groups is 1. The van der Waals surface area contributed by atoms with E-state index >= 15 is 0 Å². The molecule has 0 aromatic heterocycles. The van der Waals surface area contributed by atoms with Crippen LogP contribution in [0.4, 0.5) is 5.69 Å². The first-order valence-corrected chi connectivity index (χ1v) is 6.90. The van der Waals surface area contributed by atoms with Crippen LogP contribution in [0.5, 0.6) is 11.5 Å². The van der Waals surface area contributed by atoms with Gasteiger partial charge in [-0.05, 0) is 18.7 Å². The third-order valence-electron chi connectivity index (χ3n) is 2.86. The maximum absolute atomic E-state index is 10.8. The van der Waals surface area contributed by atoms with Gasteiger partial charge in [-0.25, -0.2) is 0 Å². The Labute approximate surface area is 127 Å². The minimum atomic E-state index is -0.459. The van der Waals surface area contributed by atoms with Crippen LogP contribution >= 0.6 is 11.6 Å². The van der Waals surface area contributed by atoms with E-state index < -0.39 is 4.92 Å². The molecule has 0 atom stereocenters. The summed E-state index contributed by atoms with van der Waals surface area (Å²) in [4.78, 5) is 10.3. The van der Waals surface area contributed by atoms with Gasteiger partial charge in [-0.1, -0.05) is 36.7 Å². The van der Waals surface area contributed by atoms with Gasteiger partial charge in [0.25, 0.3) is 5.69 Å². The predicted octanol–water partition coefficient (Wildman–Crippen LogP) is 4.15. The van der Waals surface area contributed by atoms with Crippen molar-refractivity contribution in [2.45, 2.75) is 13.5 Å². The van der Waals surface area contributed by atoms with Gasteiger partial charge in [0, 0.05) is 18.2 Å². The van der Waals surface area contributed by atoms with Gasteiger partial charge >= 0.3 is 0 Å². The summed E-state index contributed by atoms with van der Waals surface area (Å²) in [5.41, 5.74) is 0.878. The largest absolute Gasteiger partial charge is 0.455 e. The SMILES string of the molecule is CCNCc1cccc(Cl)c1Oc1cccc([N+](=O)[O-])c1. The van der Waals surface area contributed by atoms with Crippen molar-refractivity contribution in [1.82, 2.24) is 5.32 Å². The standard InChI is InChI=1S/C15H15ClN2O3/c1-2-17-10-11-5-3-8-14(16)15(11)21-13-7-4-6-12(9-13)18(19)20/h3-9,17H,2,10H2,1H3. The summed E-state index contributed by atoms with van der Waals surface area (Å²) in [5.74, 6) is 0.899. The summed E-state index contributed by atoms with van der Waals surface area (Å²) in [5, 5.41) is 14.5. The Morgan fingerprint density at radius 1 is 1.29 bits per heavy atom. The van der Waals surface area contributed by atoms with Crippen LogP contribution in [-0.2, 0) is 6.54 Å². The second-order valence-corrected chi connectivity index (χ2v) is 4.77. The number of nitrogens with zero attached hydrogens (tertiary/aromatic N) is 1. The smallest absolute Gasteiger partial charge is 0.273 e. The van der Waals surface area contributed by atoms with Crippen molar-refractivity contribution in [2.24, 2.45) is 0 Å². The first-order chi connectivity index (χ1) is 10.1. The van der Waals surface area contributed by atoms with Crippen molar-refractivity contribution in [3.63, 3.8) is 0 Å². The number of nitro benzene ring substituents is 1. The van der Waals surface area contributed by atoms with Crippen LogP contribution in [0.15, 0.2) is 42.5 Å². The molecule has 0 saturated heterocycles. The van der Waals surface area contributed by atoms with E-state index in [-0.39, 0.29) is 5.69 Å². The van der Waals surface area contributed by atoms with Gasteiger partial charge in [-0.3, -0.25) is 10.1 Å². The molecule has 0 unspecified atom stereocenters. The first kappa shape index (κ1) is 15.3. The maximum atomic E-state index is 10.8. The number of halogens is 1. The number of ether oxygens (including phenoxy) is 1. The van der Waals surface area contributed by atoms with E-state index in [1.54, 1.807) is 18.2 Å². The van der Waals surface area contributed by atoms with Gasteiger partial charge in [0.15, 0.2) is 0 Å². The van der Waals surface area contributed by atoms with E-state index in [1.807, 2.05) is 19.1 Å². The van der Waals surface area contributed by atoms with Crippen molar-refractivity contribution in [3.05, 3.63) is 63.2 Å². The minimum absolute atomic E-state index is 0.0206. The molecule has 0 spiro atoms. The zero-order chi connectivity index (χ0) is 15.2. The molecule has 0 fully saturated rings. The van der Waals surface area contributed by atoms with E-state index in [9.17, 15) is 10.1 Å². The lowest BCUT2D eigenvalue weighted by Crippen LogP contribution is -2.12. The number of hydrogen-bond donors (Lipinski definition) is 1. The van der Waals surface area contributed by atoms with Crippen LogP contribution in [0.25, 0.3) is 0 Å². The monoisotopic (exact) mass is 306 g/mol. The number of nitrogens with one attached hydrogen (secondary N) is 1. The molecular formula is C15H15ClN2O3. The van der Waals surface area contributed by atoms with Crippen molar-refractivity contribution in [1.29, 1.82) is 0 Å². The Morgan fingerprint density at radius 3 is 2.76 bits per heavy atom. The Hall–Kier alpha value is -2.11. The number of non-ortho nitro benzene ring substituents is 1. The molecule has 21 heavy (non-hydrogen) atoms. The maximum Gasteiger partial charge on any atom is 0.273 e. The first-order valence-electron chi connectivity index (χ1n) is 6.52. The summed E-state index contributed by atoms with van der Waals surface area (Å²) in [7, 11) is 0.